The topological polar surface area (TPSA) is 182 Å². The number of phenolic OH excluding ortho intramolecular Hbond substituents is 1. The van der Waals surface area contributed by atoms with Gasteiger partial charge < -0.3 is 30.0 Å². The second kappa shape index (κ2) is 14.5. The van der Waals surface area contributed by atoms with Gasteiger partial charge in [0.25, 0.3) is 0 Å². The number of nitrogens with two attached hydrogens (primary N) is 1. The number of phenols is 1. The molecule has 13 heteroatoms. The second-order valence-electron chi connectivity index (χ2n) is 10.2. The number of anilines is 1. The van der Waals surface area contributed by atoms with Gasteiger partial charge in [-0.3, -0.25) is 14.6 Å². The Bertz CT molecular complexity index is 1650. The van der Waals surface area contributed by atoms with Crippen LogP contribution in [0.1, 0.15) is 49.6 Å². The number of aromatic nitrogens is 3. The molecule has 0 aliphatic rings. The van der Waals surface area contributed by atoms with Crippen LogP contribution in [-0.2, 0) is 33.5 Å². The van der Waals surface area contributed by atoms with E-state index < -0.39 is 7.82 Å². The van der Waals surface area contributed by atoms with Gasteiger partial charge in [0.15, 0.2) is 17.3 Å². The number of benzene rings is 2. The number of imidazole rings is 1. The average Bonchev–Trinajstić information content (AvgIpc) is 3.33. The van der Waals surface area contributed by atoms with Crippen LogP contribution >= 0.6 is 7.82 Å². The lowest BCUT2D eigenvalue weighted by atomic mass is 10.1. The van der Waals surface area contributed by atoms with Gasteiger partial charge in [0.05, 0.1) is 17.6 Å². The number of aryl methyl sites for hydroxylation is 2. The van der Waals surface area contributed by atoms with Crippen LogP contribution in [-0.4, -0.2) is 55.1 Å². The third kappa shape index (κ3) is 8.32. The molecule has 1 amide bonds. The van der Waals surface area contributed by atoms with E-state index in [-0.39, 0.29) is 24.0 Å². The van der Waals surface area contributed by atoms with E-state index in [9.17, 15) is 24.3 Å². The fourth-order valence-electron chi connectivity index (χ4n) is 4.86. The van der Waals surface area contributed by atoms with E-state index in [2.05, 4.69) is 29.9 Å². The Balaban J connectivity index is 1.61. The van der Waals surface area contributed by atoms with Crippen molar-refractivity contribution < 1.29 is 33.5 Å². The highest BCUT2D eigenvalue weighted by molar-refractivity contribution is 7.46. The van der Waals surface area contributed by atoms with Crippen molar-refractivity contribution in [2.45, 2.75) is 52.0 Å². The number of nitrogen functional groups attached to an aromatic ring is 1. The van der Waals surface area contributed by atoms with Crippen LogP contribution < -0.4 is 15.6 Å². The lowest BCUT2D eigenvalue weighted by Crippen LogP contribution is -2.22. The summed E-state index contributed by atoms with van der Waals surface area (Å²) >= 11 is 0. The van der Waals surface area contributed by atoms with Crippen molar-refractivity contribution in [2.24, 2.45) is 0 Å². The van der Waals surface area contributed by atoms with E-state index in [0.29, 0.717) is 48.6 Å². The normalized spacial score (nSPS) is 11.7. The number of phosphoric acid groups is 1. The van der Waals surface area contributed by atoms with E-state index in [1.54, 1.807) is 12.1 Å². The summed E-state index contributed by atoms with van der Waals surface area (Å²) in [6.45, 7) is 7.34. The van der Waals surface area contributed by atoms with Gasteiger partial charge in [0.2, 0.25) is 5.91 Å². The second-order valence-corrected chi connectivity index (χ2v) is 11.3. The van der Waals surface area contributed by atoms with Crippen LogP contribution in [0.2, 0.25) is 0 Å². The predicted octanol–water partition coefficient (Wildman–Crippen LogP) is 4.38. The quantitative estimate of drug-likeness (QED) is 0.0693. The summed E-state index contributed by atoms with van der Waals surface area (Å²) < 4.78 is 23.8. The SMILES string of the molecule is C=CC(=O)NCCCOCCCc1ccc2nc(N)c3nc(CCCC)n(Cc4cccc(OP(=O)(O)O)c4O)c3c2c1. The molecule has 0 unspecified atom stereocenters. The van der Waals surface area contributed by atoms with Crippen molar-refractivity contribution in [2.75, 3.05) is 25.5 Å². The van der Waals surface area contributed by atoms with Crippen molar-refractivity contribution >= 4 is 41.5 Å². The standard InChI is InChI=1S/C30H38N5O7P/c1-3-5-12-25-34-27-28(35(25)19-21-10-6-11-24(29(21)37)42-43(38,39)40)22-18-20(13-14-23(22)33-30(27)31)9-7-16-41-17-8-15-32-26(36)4-2/h4,6,10-11,13-14,18,37H,2-3,5,7-9,12,15-17,19H2,1H3,(H2,31,33)(H,32,36)(H2,38,39,40). The number of rotatable bonds is 16. The Morgan fingerprint density at radius 2 is 1.93 bits per heavy atom. The summed E-state index contributed by atoms with van der Waals surface area (Å²) in [6, 6.07) is 10.6. The van der Waals surface area contributed by atoms with Gasteiger partial charge >= 0.3 is 7.82 Å². The van der Waals surface area contributed by atoms with Crippen LogP contribution in [0.4, 0.5) is 5.82 Å². The van der Waals surface area contributed by atoms with E-state index >= 15 is 0 Å². The fourth-order valence-corrected chi connectivity index (χ4v) is 5.26. The number of carbonyl (C=O) groups excluding carboxylic acids is 1. The van der Waals surface area contributed by atoms with Crippen molar-refractivity contribution in [1.82, 2.24) is 19.9 Å². The average molecular weight is 612 g/mol. The van der Waals surface area contributed by atoms with Gasteiger partial charge in [-0.15, -0.1) is 0 Å². The van der Waals surface area contributed by atoms with Gasteiger partial charge in [-0.2, -0.15) is 0 Å². The van der Waals surface area contributed by atoms with Crippen LogP contribution in [0, 0.1) is 0 Å². The zero-order chi connectivity index (χ0) is 31.0. The van der Waals surface area contributed by atoms with E-state index in [1.807, 2.05) is 16.7 Å². The van der Waals surface area contributed by atoms with Gasteiger partial charge in [-0.05, 0) is 55.5 Å². The zero-order valence-corrected chi connectivity index (χ0v) is 25.1. The highest BCUT2D eigenvalue weighted by Gasteiger charge is 2.22. The number of pyridine rings is 1. The molecule has 0 aliphatic carbocycles. The number of nitrogens with zero attached hydrogens (tertiary/aromatic N) is 3. The minimum atomic E-state index is -4.87. The first-order chi connectivity index (χ1) is 20.6. The number of fused-ring (bicyclic) bond motifs is 3. The molecule has 0 saturated heterocycles. The highest BCUT2D eigenvalue weighted by Crippen LogP contribution is 2.43. The van der Waals surface area contributed by atoms with Crippen molar-refractivity contribution in [3.05, 3.63) is 66.0 Å². The lowest BCUT2D eigenvalue weighted by molar-refractivity contribution is -0.116. The molecule has 0 bridgehead atoms. The zero-order valence-electron chi connectivity index (χ0n) is 24.2. The largest absolute Gasteiger partial charge is 0.524 e. The van der Waals surface area contributed by atoms with E-state index in [0.717, 1.165) is 54.4 Å². The Hall–Kier alpha value is -3.96. The van der Waals surface area contributed by atoms with Gasteiger partial charge in [0.1, 0.15) is 11.3 Å². The minimum Gasteiger partial charge on any atom is -0.504 e. The molecule has 43 heavy (non-hydrogen) atoms. The smallest absolute Gasteiger partial charge is 0.504 e. The molecule has 0 saturated carbocycles. The third-order valence-electron chi connectivity index (χ3n) is 6.93. The summed E-state index contributed by atoms with van der Waals surface area (Å²) in [5.41, 5.74) is 9.91. The van der Waals surface area contributed by atoms with E-state index in [4.69, 9.17) is 20.0 Å². The number of para-hydroxylation sites is 1. The van der Waals surface area contributed by atoms with Crippen LogP contribution in [0.3, 0.4) is 0 Å². The Kier molecular flexibility index (Phi) is 10.8. The number of hydrogen-bond acceptors (Lipinski definition) is 8. The summed E-state index contributed by atoms with van der Waals surface area (Å²) in [5.74, 6) is 0.209. The van der Waals surface area contributed by atoms with Crippen LogP contribution in [0.25, 0.3) is 21.9 Å². The molecule has 2 aromatic heterocycles. The summed E-state index contributed by atoms with van der Waals surface area (Å²) in [5, 5.41) is 14.4. The molecule has 2 aromatic carbocycles. The molecule has 6 N–H and O–H groups in total. The maximum absolute atomic E-state index is 11.4. The van der Waals surface area contributed by atoms with Crippen molar-refractivity contribution in [1.29, 1.82) is 0 Å². The third-order valence-corrected chi connectivity index (χ3v) is 7.37. The molecule has 4 aromatic rings. The first kappa shape index (κ1) is 32.0. The van der Waals surface area contributed by atoms with Gasteiger partial charge in [0, 0.05) is 37.1 Å². The number of aromatic hydroxyl groups is 1. The van der Waals surface area contributed by atoms with Crippen molar-refractivity contribution in [3.8, 4) is 11.5 Å². The minimum absolute atomic E-state index is 0.170. The number of ether oxygens (including phenoxy) is 1. The lowest BCUT2D eigenvalue weighted by Gasteiger charge is -2.15. The molecular formula is C30H38N5O7P. The first-order valence-corrected chi connectivity index (χ1v) is 15.8. The van der Waals surface area contributed by atoms with Gasteiger partial charge in [-0.25, -0.2) is 14.5 Å². The van der Waals surface area contributed by atoms with Crippen LogP contribution in [0.15, 0.2) is 49.1 Å². The molecule has 2 heterocycles. The highest BCUT2D eigenvalue weighted by atomic mass is 31.2. The summed E-state index contributed by atoms with van der Waals surface area (Å²) in [6.07, 6.45) is 6.03. The number of unbranched alkanes of at least 4 members (excludes halogenated alkanes) is 1. The summed E-state index contributed by atoms with van der Waals surface area (Å²) in [7, 11) is -4.87. The molecule has 4 rings (SSSR count). The molecular weight excluding hydrogens is 573 g/mol. The Morgan fingerprint density at radius 3 is 2.67 bits per heavy atom. The molecule has 230 valence electrons. The maximum atomic E-state index is 11.4. The number of nitrogens with one attached hydrogen (secondary N) is 1. The van der Waals surface area contributed by atoms with Gasteiger partial charge in [-0.1, -0.05) is 38.1 Å². The number of phosphoric ester groups is 1. The summed E-state index contributed by atoms with van der Waals surface area (Å²) in [4.78, 5) is 39.2. The molecule has 0 fully saturated rings. The number of carbonyl (C=O) groups is 1. The fraction of sp³-hybridized carbons (Fsp3) is 0.367. The molecule has 0 atom stereocenters. The van der Waals surface area contributed by atoms with Crippen LogP contribution in [0.5, 0.6) is 11.5 Å². The molecule has 0 radical (unpaired) electrons. The number of amides is 1. The Labute approximate surface area is 249 Å². The van der Waals surface area contributed by atoms with Crippen molar-refractivity contribution in [3.63, 3.8) is 0 Å². The monoisotopic (exact) mass is 611 g/mol. The molecule has 0 aliphatic heterocycles. The predicted molar refractivity (Wildman–Crippen MR) is 165 cm³/mol. The maximum Gasteiger partial charge on any atom is 0.524 e. The van der Waals surface area contributed by atoms with E-state index in [1.165, 1.54) is 12.1 Å². The molecule has 12 nitrogen and oxygen atoms in total. The Morgan fingerprint density at radius 1 is 1.14 bits per heavy atom. The molecule has 0 spiro atoms. The number of hydrogen-bond donors (Lipinski definition) is 5. The first-order valence-electron chi connectivity index (χ1n) is 14.2.